The van der Waals surface area contributed by atoms with Crippen molar-refractivity contribution in [3.8, 4) is 0 Å². The predicted octanol–water partition coefficient (Wildman–Crippen LogP) is 1.16. The largest absolute Gasteiger partial charge is 0.396 e. The van der Waals surface area contributed by atoms with E-state index in [4.69, 9.17) is 16.7 Å². The first-order chi connectivity index (χ1) is 7.13. The molecule has 0 aliphatic heterocycles. The van der Waals surface area contributed by atoms with Crippen molar-refractivity contribution in [2.45, 2.75) is 13.3 Å². The molecular weight excluding hydrogens is 216 g/mol. The van der Waals surface area contributed by atoms with Gasteiger partial charge in [0.15, 0.2) is 0 Å². The molecule has 0 aromatic carbocycles. The van der Waals surface area contributed by atoms with Crippen molar-refractivity contribution in [3.63, 3.8) is 0 Å². The number of halogens is 1. The molecule has 0 fully saturated rings. The molecule has 2 N–H and O–H groups in total. The average molecular weight is 229 g/mol. The molecule has 0 bridgehead atoms. The van der Waals surface area contributed by atoms with E-state index < -0.39 is 0 Å². The van der Waals surface area contributed by atoms with Gasteiger partial charge in [-0.3, -0.25) is 4.79 Å². The minimum atomic E-state index is -0.198. The van der Waals surface area contributed by atoms with Crippen molar-refractivity contribution in [1.29, 1.82) is 0 Å². The Morgan fingerprint density at radius 2 is 2.33 bits per heavy atom. The molecule has 0 saturated heterocycles. The molecule has 0 unspecified atom stereocenters. The van der Waals surface area contributed by atoms with Crippen LogP contribution >= 0.6 is 11.6 Å². The Bertz CT molecular complexity index is 335. The minimum Gasteiger partial charge on any atom is -0.396 e. The number of nitrogens with one attached hydrogen (secondary N) is 1. The third kappa shape index (κ3) is 3.85. The van der Waals surface area contributed by atoms with Gasteiger partial charge in [0.05, 0.1) is 0 Å². The number of pyridine rings is 1. The summed E-state index contributed by atoms with van der Waals surface area (Å²) in [6, 6.07) is 3.18. The Morgan fingerprint density at radius 3 is 2.93 bits per heavy atom. The highest BCUT2D eigenvalue weighted by Crippen LogP contribution is 2.10. The van der Waals surface area contributed by atoms with Crippen LogP contribution in [0.1, 0.15) is 22.5 Å². The number of amides is 1. The number of hydrogen-bond acceptors (Lipinski definition) is 3. The minimum absolute atomic E-state index is 0.0659. The second kappa shape index (κ2) is 5.68. The van der Waals surface area contributed by atoms with E-state index in [2.05, 4.69) is 10.3 Å². The first kappa shape index (κ1) is 11.9. The standard InChI is InChI=1S/C10H13ClN2O2/c1-7-5-8(6-9(11)13-7)10(15)12-3-2-4-14/h5-6,14H,2-4H2,1H3,(H,12,15). The van der Waals surface area contributed by atoms with Gasteiger partial charge in [-0.05, 0) is 25.5 Å². The molecule has 82 valence electrons. The van der Waals surface area contributed by atoms with Crippen LogP contribution in [0.4, 0.5) is 0 Å². The Hall–Kier alpha value is -1.13. The van der Waals surface area contributed by atoms with Crippen molar-refractivity contribution >= 4 is 17.5 Å². The molecule has 1 amide bonds. The number of carbonyl (C=O) groups excluding carboxylic acids is 1. The molecule has 1 heterocycles. The van der Waals surface area contributed by atoms with Crippen LogP contribution in [0.5, 0.6) is 0 Å². The summed E-state index contributed by atoms with van der Waals surface area (Å²) in [5.41, 5.74) is 1.19. The Balaban J connectivity index is 2.65. The number of carbonyl (C=O) groups is 1. The maximum absolute atomic E-state index is 11.5. The maximum Gasteiger partial charge on any atom is 0.251 e. The van der Waals surface area contributed by atoms with Gasteiger partial charge in [-0.1, -0.05) is 11.6 Å². The molecule has 1 rings (SSSR count). The highest BCUT2D eigenvalue weighted by Gasteiger charge is 2.06. The SMILES string of the molecule is Cc1cc(C(=O)NCCCO)cc(Cl)n1. The van der Waals surface area contributed by atoms with Gasteiger partial charge < -0.3 is 10.4 Å². The zero-order chi connectivity index (χ0) is 11.3. The van der Waals surface area contributed by atoms with Gasteiger partial charge in [-0.15, -0.1) is 0 Å². The molecule has 0 radical (unpaired) electrons. The average Bonchev–Trinajstić information content (AvgIpc) is 2.16. The van der Waals surface area contributed by atoms with E-state index in [1.54, 1.807) is 13.0 Å². The fourth-order valence-corrected chi connectivity index (χ4v) is 1.39. The molecule has 0 saturated carbocycles. The van der Waals surface area contributed by atoms with Crippen LogP contribution in [-0.2, 0) is 0 Å². The Kier molecular flexibility index (Phi) is 4.52. The molecular formula is C10H13ClN2O2. The molecule has 4 nitrogen and oxygen atoms in total. The van der Waals surface area contributed by atoms with E-state index >= 15 is 0 Å². The van der Waals surface area contributed by atoms with Crippen molar-refractivity contribution in [2.75, 3.05) is 13.2 Å². The zero-order valence-corrected chi connectivity index (χ0v) is 9.21. The molecule has 1 aromatic heterocycles. The van der Waals surface area contributed by atoms with Crippen molar-refractivity contribution in [1.82, 2.24) is 10.3 Å². The summed E-state index contributed by atoms with van der Waals surface area (Å²) in [4.78, 5) is 15.5. The number of nitrogens with zero attached hydrogens (tertiary/aromatic N) is 1. The number of aliphatic hydroxyl groups excluding tert-OH is 1. The normalized spacial score (nSPS) is 10.1. The van der Waals surface area contributed by atoms with Crippen molar-refractivity contribution in [2.24, 2.45) is 0 Å². The molecule has 1 aromatic rings. The topological polar surface area (TPSA) is 62.2 Å². The maximum atomic E-state index is 11.5. The number of aliphatic hydroxyl groups is 1. The fourth-order valence-electron chi connectivity index (χ4n) is 1.14. The summed E-state index contributed by atoms with van der Waals surface area (Å²) >= 11 is 5.72. The van der Waals surface area contributed by atoms with Gasteiger partial charge in [0.25, 0.3) is 5.91 Å². The lowest BCUT2D eigenvalue weighted by Gasteiger charge is -2.04. The zero-order valence-electron chi connectivity index (χ0n) is 8.46. The van der Waals surface area contributed by atoms with E-state index in [1.165, 1.54) is 6.07 Å². The predicted molar refractivity (Wildman–Crippen MR) is 58.0 cm³/mol. The van der Waals surface area contributed by atoms with Gasteiger partial charge in [0.1, 0.15) is 5.15 Å². The van der Waals surface area contributed by atoms with Crippen LogP contribution in [0, 0.1) is 6.92 Å². The second-order valence-corrected chi connectivity index (χ2v) is 3.54. The molecule has 0 atom stereocenters. The summed E-state index contributed by atoms with van der Waals surface area (Å²) in [6.07, 6.45) is 0.545. The van der Waals surface area contributed by atoms with Crippen LogP contribution in [0.25, 0.3) is 0 Å². The quantitative estimate of drug-likeness (QED) is 0.601. The summed E-state index contributed by atoms with van der Waals surface area (Å²) in [5.74, 6) is -0.198. The second-order valence-electron chi connectivity index (χ2n) is 3.15. The first-order valence-electron chi connectivity index (χ1n) is 4.66. The molecule has 0 aliphatic rings. The lowest BCUT2D eigenvalue weighted by molar-refractivity contribution is 0.0951. The highest BCUT2D eigenvalue weighted by atomic mass is 35.5. The van der Waals surface area contributed by atoms with Gasteiger partial charge in [0.2, 0.25) is 0 Å². The van der Waals surface area contributed by atoms with E-state index in [1.807, 2.05) is 0 Å². The van der Waals surface area contributed by atoms with E-state index in [9.17, 15) is 4.79 Å². The summed E-state index contributed by atoms with van der Waals surface area (Å²) in [7, 11) is 0. The van der Waals surface area contributed by atoms with Crippen LogP contribution < -0.4 is 5.32 Å². The number of aryl methyl sites for hydroxylation is 1. The summed E-state index contributed by atoms with van der Waals surface area (Å²) in [5, 5.41) is 11.5. The van der Waals surface area contributed by atoms with Gasteiger partial charge in [0, 0.05) is 24.4 Å². The Morgan fingerprint density at radius 1 is 1.60 bits per heavy atom. The molecule has 0 spiro atoms. The third-order valence-electron chi connectivity index (χ3n) is 1.80. The molecule has 0 aliphatic carbocycles. The van der Waals surface area contributed by atoms with Crippen LogP contribution in [0.3, 0.4) is 0 Å². The van der Waals surface area contributed by atoms with E-state index in [-0.39, 0.29) is 12.5 Å². The van der Waals surface area contributed by atoms with Crippen LogP contribution in [-0.4, -0.2) is 29.1 Å². The monoisotopic (exact) mass is 228 g/mol. The molecule has 15 heavy (non-hydrogen) atoms. The first-order valence-corrected chi connectivity index (χ1v) is 5.04. The van der Waals surface area contributed by atoms with Crippen LogP contribution in [0.15, 0.2) is 12.1 Å². The number of rotatable bonds is 4. The van der Waals surface area contributed by atoms with Gasteiger partial charge in [-0.2, -0.15) is 0 Å². The highest BCUT2D eigenvalue weighted by molar-refractivity contribution is 6.29. The van der Waals surface area contributed by atoms with Gasteiger partial charge >= 0.3 is 0 Å². The number of aromatic nitrogens is 1. The molecule has 5 heteroatoms. The third-order valence-corrected chi connectivity index (χ3v) is 2.00. The summed E-state index contributed by atoms with van der Waals surface area (Å²) in [6.45, 7) is 2.29. The van der Waals surface area contributed by atoms with Crippen molar-refractivity contribution in [3.05, 3.63) is 28.5 Å². The number of hydrogen-bond donors (Lipinski definition) is 2. The van der Waals surface area contributed by atoms with E-state index in [0.29, 0.717) is 29.4 Å². The Labute approximate surface area is 93.3 Å². The van der Waals surface area contributed by atoms with E-state index in [0.717, 1.165) is 0 Å². The smallest absolute Gasteiger partial charge is 0.251 e. The lowest BCUT2D eigenvalue weighted by Crippen LogP contribution is -2.25. The summed E-state index contributed by atoms with van der Waals surface area (Å²) < 4.78 is 0. The van der Waals surface area contributed by atoms with Crippen molar-refractivity contribution < 1.29 is 9.90 Å². The fraction of sp³-hybridized carbons (Fsp3) is 0.400. The van der Waals surface area contributed by atoms with Crippen LogP contribution in [0.2, 0.25) is 5.15 Å². The lowest BCUT2D eigenvalue weighted by atomic mass is 10.2. The van der Waals surface area contributed by atoms with Gasteiger partial charge in [-0.25, -0.2) is 4.98 Å².